The fraction of sp³-hybridized carbons (Fsp3) is 0.500. The Labute approximate surface area is 163 Å². The molecule has 1 aliphatic heterocycles. The topological polar surface area (TPSA) is 117 Å². The smallest absolute Gasteiger partial charge is 0.321 e. The minimum atomic E-state index is -2.68. The molecule has 27 heavy (non-hydrogen) atoms. The van der Waals surface area contributed by atoms with Crippen LogP contribution in [0.2, 0.25) is 0 Å². The molecule has 1 unspecified atom stereocenters. The number of imide groups is 1. The first-order valence-electron chi connectivity index (χ1n) is 8.18. The van der Waals surface area contributed by atoms with E-state index in [1.807, 2.05) is 4.90 Å². The quantitative estimate of drug-likeness (QED) is 0.741. The average molecular weight is 415 g/mol. The van der Waals surface area contributed by atoms with Gasteiger partial charge in [0.15, 0.2) is 0 Å². The van der Waals surface area contributed by atoms with Crippen LogP contribution >= 0.6 is 11.8 Å². The molecule has 2 N–H and O–H groups in total. The van der Waals surface area contributed by atoms with E-state index >= 15 is 0 Å². The lowest BCUT2D eigenvalue weighted by Gasteiger charge is -2.42. The molecule has 0 saturated carbocycles. The molecule has 1 aromatic rings. The summed E-state index contributed by atoms with van der Waals surface area (Å²) in [4.78, 5) is 26.7. The van der Waals surface area contributed by atoms with Crippen LogP contribution in [0.1, 0.15) is 12.5 Å². The summed E-state index contributed by atoms with van der Waals surface area (Å²) in [6.07, 6.45) is 0. The van der Waals surface area contributed by atoms with E-state index in [0.717, 1.165) is 11.5 Å². The predicted octanol–water partition coefficient (Wildman–Crippen LogP) is 1.11. The van der Waals surface area contributed by atoms with Crippen LogP contribution in [0.4, 0.5) is 10.5 Å². The summed E-state index contributed by atoms with van der Waals surface area (Å²) in [6.45, 7) is 3.00. The maximum atomic E-state index is 13.0. The van der Waals surface area contributed by atoms with Gasteiger partial charge in [0.25, 0.3) is 5.91 Å². The van der Waals surface area contributed by atoms with E-state index < -0.39 is 28.0 Å². The number of nitrogens with zero attached hydrogens (tertiary/aromatic N) is 2. The van der Waals surface area contributed by atoms with Crippen LogP contribution in [0.3, 0.4) is 0 Å². The first kappa shape index (κ1) is 21.2. The van der Waals surface area contributed by atoms with E-state index in [1.54, 1.807) is 30.8 Å². The Morgan fingerprint density at radius 3 is 2.52 bits per heavy atom. The molecule has 1 atom stereocenters. The van der Waals surface area contributed by atoms with Gasteiger partial charge in [-0.15, -0.1) is 4.36 Å². The van der Waals surface area contributed by atoms with E-state index in [4.69, 9.17) is 4.74 Å². The van der Waals surface area contributed by atoms with Crippen LogP contribution < -0.4 is 15.4 Å². The normalized spacial score (nSPS) is 16.7. The zero-order chi connectivity index (χ0) is 20.0. The van der Waals surface area contributed by atoms with Crippen molar-refractivity contribution in [1.29, 1.82) is 0 Å². The van der Waals surface area contributed by atoms with Crippen molar-refractivity contribution in [3.05, 3.63) is 23.8 Å². The number of carbonyl (C=O) groups is 2. The zero-order valence-corrected chi connectivity index (χ0v) is 16.9. The van der Waals surface area contributed by atoms with E-state index in [-0.39, 0.29) is 11.4 Å². The van der Waals surface area contributed by atoms with Crippen LogP contribution in [-0.2, 0) is 20.8 Å². The predicted molar refractivity (Wildman–Crippen MR) is 103 cm³/mol. The summed E-state index contributed by atoms with van der Waals surface area (Å²) in [5.74, 6) is 1.46. The standard InChI is InChI=1S/C16H22N4O5S2/c1-16(14(21)18-15(22)17-2,20-6-8-26-9-7-20)11-4-5-13(25-3)12(10-11)19-27(23)24/h4-5,10H,6-9H2,1-3H3,(H2,17,18,21,22). The van der Waals surface area contributed by atoms with E-state index in [0.29, 0.717) is 18.7 Å². The van der Waals surface area contributed by atoms with Gasteiger partial charge < -0.3 is 10.1 Å². The number of hydrogen-bond donors (Lipinski definition) is 2. The van der Waals surface area contributed by atoms with Gasteiger partial charge in [-0.3, -0.25) is 15.0 Å². The molecule has 0 bridgehead atoms. The number of methoxy groups -OCH3 is 1. The summed E-state index contributed by atoms with van der Waals surface area (Å²) < 4.78 is 30.8. The molecule has 148 valence electrons. The second kappa shape index (κ2) is 9.20. The molecular weight excluding hydrogens is 392 g/mol. The van der Waals surface area contributed by atoms with Gasteiger partial charge in [0.1, 0.15) is 17.0 Å². The molecule has 11 heteroatoms. The van der Waals surface area contributed by atoms with Crippen LogP contribution in [0.5, 0.6) is 5.75 Å². The monoisotopic (exact) mass is 414 g/mol. The Kier molecular flexibility index (Phi) is 7.22. The average Bonchev–Trinajstić information content (AvgIpc) is 2.67. The van der Waals surface area contributed by atoms with E-state index in [1.165, 1.54) is 20.2 Å². The third-order valence-electron chi connectivity index (χ3n) is 4.45. The SMILES string of the molecule is CNC(=O)NC(=O)C(C)(c1ccc(OC)c(N=S(=O)=O)c1)N1CCSCC1. The van der Waals surface area contributed by atoms with Gasteiger partial charge in [-0.05, 0) is 24.6 Å². The number of ether oxygens (including phenoxy) is 1. The van der Waals surface area contributed by atoms with Crippen molar-refractivity contribution in [3.63, 3.8) is 0 Å². The van der Waals surface area contributed by atoms with E-state index in [2.05, 4.69) is 15.0 Å². The van der Waals surface area contributed by atoms with Crippen LogP contribution in [-0.4, -0.2) is 64.0 Å². The molecule has 0 aromatic heterocycles. The maximum Gasteiger partial charge on any atom is 0.321 e. The molecule has 9 nitrogen and oxygen atoms in total. The molecule has 0 spiro atoms. The van der Waals surface area contributed by atoms with Crippen molar-refractivity contribution in [2.24, 2.45) is 4.36 Å². The number of amides is 3. The largest absolute Gasteiger partial charge is 0.494 e. The lowest BCUT2D eigenvalue weighted by molar-refractivity contribution is -0.132. The van der Waals surface area contributed by atoms with Gasteiger partial charge in [0, 0.05) is 31.6 Å². The summed E-state index contributed by atoms with van der Waals surface area (Å²) >= 11 is 1.79. The van der Waals surface area contributed by atoms with Crippen molar-refractivity contribution < 1.29 is 22.7 Å². The zero-order valence-electron chi connectivity index (χ0n) is 15.3. The number of benzene rings is 1. The van der Waals surface area contributed by atoms with Crippen LogP contribution in [0, 0.1) is 0 Å². The van der Waals surface area contributed by atoms with E-state index in [9.17, 15) is 18.0 Å². The Hall–Kier alpha value is -2.11. The fourth-order valence-corrected chi connectivity index (χ4v) is 4.11. The van der Waals surface area contributed by atoms with Gasteiger partial charge in [0.05, 0.1) is 7.11 Å². The second-order valence-corrected chi connectivity index (χ2v) is 7.74. The summed E-state index contributed by atoms with van der Waals surface area (Å²) in [5, 5.41) is 4.70. The molecule has 0 radical (unpaired) electrons. The lowest BCUT2D eigenvalue weighted by Crippen LogP contribution is -2.58. The van der Waals surface area contributed by atoms with Crippen molar-refractivity contribution in [2.75, 3.05) is 38.8 Å². The highest BCUT2D eigenvalue weighted by atomic mass is 32.2. The molecular formula is C16H22N4O5S2. The molecule has 1 aliphatic rings. The first-order valence-corrected chi connectivity index (χ1v) is 10.4. The third-order valence-corrected chi connectivity index (χ3v) is 5.74. The Bertz CT molecular complexity index is 844. The van der Waals surface area contributed by atoms with Crippen molar-refractivity contribution in [1.82, 2.24) is 15.5 Å². The van der Waals surface area contributed by atoms with Crippen molar-refractivity contribution >= 4 is 39.9 Å². The minimum Gasteiger partial charge on any atom is -0.494 e. The number of rotatable bonds is 5. The van der Waals surface area contributed by atoms with Gasteiger partial charge in [-0.1, -0.05) is 6.07 Å². The number of thioether (sulfide) groups is 1. The highest BCUT2D eigenvalue weighted by Crippen LogP contribution is 2.37. The van der Waals surface area contributed by atoms with Gasteiger partial charge >= 0.3 is 16.5 Å². The molecule has 2 rings (SSSR count). The van der Waals surface area contributed by atoms with Crippen LogP contribution in [0.15, 0.2) is 22.6 Å². The molecule has 3 amide bonds. The highest BCUT2D eigenvalue weighted by Gasteiger charge is 2.42. The number of carbonyl (C=O) groups excluding carboxylic acids is 2. The lowest BCUT2D eigenvalue weighted by atomic mass is 9.88. The van der Waals surface area contributed by atoms with Crippen molar-refractivity contribution in [2.45, 2.75) is 12.5 Å². The van der Waals surface area contributed by atoms with Gasteiger partial charge in [0.2, 0.25) is 0 Å². The van der Waals surface area contributed by atoms with Crippen LogP contribution in [0.25, 0.3) is 0 Å². The molecule has 1 aromatic carbocycles. The number of urea groups is 1. The second-order valence-electron chi connectivity index (χ2n) is 5.90. The maximum absolute atomic E-state index is 13.0. The Balaban J connectivity index is 2.57. The molecule has 1 heterocycles. The molecule has 1 fully saturated rings. The summed E-state index contributed by atoms with van der Waals surface area (Å²) in [6, 6.07) is 4.12. The fourth-order valence-electron chi connectivity index (χ4n) is 2.90. The summed E-state index contributed by atoms with van der Waals surface area (Å²) in [7, 11) is 0.150. The highest BCUT2D eigenvalue weighted by molar-refractivity contribution is 7.99. The number of hydrogen-bond acceptors (Lipinski definition) is 8. The minimum absolute atomic E-state index is 0.0914. The van der Waals surface area contributed by atoms with Gasteiger partial charge in [-0.25, -0.2) is 4.79 Å². The Morgan fingerprint density at radius 1 is 1.30 bits per heavy atom. The number of nitrogens with one attached hydrogen (secondary N) is 2. The van der Waals surface area contributed by atoms with Gasteiger partial charge in [-0.2, -0.15) is 20.2 Å². The molecule has 0 aliphatic carbocycles. The third kappa shape index (κ3) is 4.79. The Morgan fingerprint density at radius 2 is 1.96 bits per heavy atom. The van der Waals surface area contributed by atoms with Crippen molar-refractivity contribution in [3.8, 4) is 5.75 Å². The first-order chi connectivity index (χ1) is 12.8. The molecule has 1 saturated heterocycles. The summed E-state index contributed by atoms with van der Waals surface area (Å²) in [5.41, 5.74) is -0.580.